The van der Waals surface area contributed by atoms with Gasteiger partial charge in [0.15, 0.2) is 0 Å². The molecular formula is C15H21N3O2. The van der Waals surface area contributed by atoms with Gasteiger partial charge in [-0.05, 0) is 25.0 Å². The summed E-state index contributed by atoms with van der Waals surface area (Å²) in [6, 6.07) is 3.92. The predicted molar refractivity (Wildman–Crippen MR) is 78.0 cm³/mol. The van der Waals surface area contributed by atoms with E-state index in [4.69, 9.17) is 5.11 Å². The minimum absolute atomic E-state index is 0.0406. The van der Waals surface area contributed by atoms with Gasteiger partial charge in [-0.3, -0.25) is 9.20 Å². The second-order valence-electron chi connectivity index (χ2n) is 5.04. The van der Waals surface area contributed by atoms with Crippen molar-refractivity contribution in [3.63, 3.8) is 0 Å². The monoisotopic (exact) mass is 275 g/mol. The van der Waals surface area contributed by atoms with E-state index in [1.807, 2.05) is 29.7 Å². The minimum atomic E-state index is -0.0967. The van der Waals surface area contributed by atoms with Gasteiger partial charge in [-0.1, -0.05) is 19.4 Å². The normalized spacial score (nSPS) is 11.0. The molecule has 0 spiro atoms. The molecule has 2 rings (SSSR count). The van der Waals surface area contributed by atoms with Gasteiger partial charge in [0, 0.05) is 19.8 Å². The standard InChI is InChI=1S/C15H21N3O2/c1-4-5-12-14(15(20)17(3)8-9-19)18-10-11(2)6-7-13(18)16-12/h6-7,10,19H,4-5,8-9H2,1-3H3. The van der Waals surface area contributed by atoms with Crippen molar-refractivity contribution in [1.29, 1.82) is 0 Å². The first-order chi connectivity index (χ1) is 9.58. The Morgan fingerprint density at radius 3 is 2.85 bits per heavy atom. The van der Waals surface area contributed by atoms with Gasteiger partial charge < -0.3 is 10.0 Å². The highest BCUT2D eigenvalue weighted by molar-refractivity contribution is 5.94. The topological polar surface area (TPSA) is 57.8 Å². The Kier molecular flexibility index (Phi) is 4.39. The lowest BCUT2D eigenvalue weighted by Crippen LogP contribution is -2.31. The summed E-state index contributed by atoms with van der Waals surface area (Å²) in [6.45, 7) is 4.34. The van der Waals surface area contributed by atoms with Crippen molar-refractivity contribution in [2.45, 2.75) is 26.7 Å². The third-order valence-electron chi connectivity index (χ3n) is 3.31. The first-order valence-corrected chi connectivity index (χ1v) is 6.92. The van der Waals surface area contributed by atoms with Crippen molar-refractivity contribution in [3.8, 4) is 0 Å². The van der Waals surface area contributed by atoms with Crippen LogP contribution in [-0.4, -0.2) is 45.5 Å². The smallest absolute Gasteiger partial charge is 0.272 e. The molecule has 1 N–H and O–H groups in total. The molecule has 0 aliphatic carbocycles. The van der Waals surface area contributed by atoms with Gasteiger partial charge >= 0.3 is 0 Å². The highest BCUT2D eigenvalue weighted by Crippen LogP contribution is 2.17. The number of hydrogen-bond acceptors (Lipinski definition) is 3. The summed E-state index contributed by atoms with van der Waals surface area (Å²) in [4.78, 5) is 18.7. The maximum Gasteiger partial charge on any atom is 0.272 e. The van der Waals surface area contributed by atoms with Crippen LogP contribution in [0.3, 0.4) is 0 Å². The van der Waals surface area contributed by atoms with E-state index < -0.39 is 0 Å². The molecule has 0 aromatic carbocycles. The molecule has 0 aliphatic heterocycles. The lowest BCUT2D eigenvalue weighted by molar-refractivity contribution is 0.0759. The molecule has 108 valence electrons. The Morgan fingerprint density at radius 1 is 1.45 bits per heavy atom. The number of aliphatic hydroxyl groups excluding tert-OH is 1. The van der Waals surface area contributed by atoms with Crippen LogP contribution in [-0.2, 0) is 6.42 Å². The third-order valence-corrected chi connectivity index (χ3v) is 3.31. The van der Waals surface area contributed by atoms with E-state index in [2.05, 4.69) is 11.9 Å². The molecule has 0 atom stereocenters. The molecule has 0 saturated carbocycles. The molecule has 2 heterocycles. The Balaban J connectivity index is 2.55. The van der Waals surface area contributed by atoms with E-state index >= 15 is 0 Å². The van der Waals surface area contributed by atoms with Gasteiger partial charge in [0.2, 0.25) is 0 Å². The molecule has 1 amide bonds. The van der Waals surface area contributed by atoms with Crippen LogP contribution >= 0.6 is 0 Å². The molecule has 5 heteroatoms. The van der Waals surface area contributed by atoms with Crippen molar-refractivity contribution >= 4 is 11.6 Å². The number of carbonyl (C=O) groups is 1. The van der Waals surface area contributed by atoms with Gasteiger partial charge in [-0.2, -0.15) is 0 Å². The molecule has 0 saturated heterocycles. The highest BCUT2D eigenvalue weighted by Gasteiger charge is 2.21. The first kappa shape index (κ1) is 14.5. The maximum atomic E-state index is 12.6. The number of imidazole rings is 1. The zero-order valence-electron chi connectivity index (χ0n) is 12.3. The van der Waals surface area contributed by atoms with Gasteiger partial charge in [0.25, 0.3) is 5.91 Å². The third kappa shape index (κ3) is 2.67. The van der Waals surface area contributed by atoms with Crippen molar-refractivity contribution in [2.75, 3.05) is 20.2 Å². The largest absolute Gasteiger partial charge is 0.395 e. The average Bonchev–Trinajstić information content (AvgIpc) is 2.76. The van der Waals surface area contributed by atoms with Crippen molar-refractivity contribution < 1.29 is 9.90 Å². The second-order valence-corrected chi connectivity index (χ2v) is 5.04. The van der Waals surface area contributed by atoms with Crippen molar-refractivity contribution in [1.82, 2.24) is 14.3 Å². The molecule has 0 bridgehead atoms. The fourth-order valence-electron chi connectivity index (χ4n) is 2.27. The first-order valence-electron chi connectivity index (χ1n) is 6.92. The van der Waals surface area contributed by atoms with Crippen LogP contribution in [0.5, 0.6) is 0 Å². The number of aryl methyl sites for hydroxylation is 2. The Hall–Kier alpha value is -1.88. The lowest BCUT2D eigenvalue weighted by atomic mass is 10.2. The predicted octanol–water partition coefficient (Wildman–Crippen LogP) is 1.66. The van der Waals surface area contributed by atoms with E-state index in [1.54, 1.807) is 7.05 Å². The SMILES string of the molecule is CCCc1nc2ccc(C)cn2c1C(=O)N(C)CCO. The number of hydrogen-bond donors (Lipinski definition) is 1. The molecule has 20 heavy (non-hydrogen) atoms. The van der Waals surface area contributed by atoms with Crippen LogP contribution < -0.4 is 0 Å². The summed E-state index contributed by atoms with van der Waals surface area (Å²) in [6.07, 6.45) is 3.64. The molecule has 2 aromatic rings. The molecule has 2 aromatic heterocycles. The number of aliphatic hydroxyl groups is 1. The summed E-state index contributed by atoms with van der Waals surface area (Å²) >= 11 is 0. The van der Waals surface area contributed by atoms with Crippen LogP contribution in [0, 0.1) is 6.92 Å². The van der Waals surface area contributed by atoms with Crippen LogP contribution in [0.2, 0.25) is 0 Å². The van der Waals surface area contributed by atoms with E-state index in [-0.39, 0.29) is 12.5 Å². The van der Waals surface area contributed by atoms with Crippen LogP contribution in [0.15, 0.2) is 18.3 Å². The number of nitrogens with zero attached hydrogens (tertiary/aromatic N) is 3. The van der Waals surface area contributed by atoms with Crippen LogP contribution in [0.1, 0.15) is 35.1 Å². The second kappa shape index (κ2) is 6.05. The molecule has 0 radical (unpaired) electrons. The van der Waals surface area contributed by atoms with Crippen molar-refractivity contribution in [2.24, 2.45) is 0 Å². The summed E-state index contributed by atoms with van der Waals surface area (Å²) < 4.78 is 1.86. The van der Waals surface area contributed by atoms with Gasteiger partial charge in [-0.15, -0.1) is 0 Å². The Morgan fingerprint density at radius 2 is 2.20 bits per heavy atom. The maximum absolute atomic E-state index is 12.6. The summed E-state index contributed by atoms with van der Waals surface area (Å²) in [5, 5.41) is 9.00. The number of pyridine rings is 1. The quantitative estimate of drug-likeness (QED) is 0.903. The molecule has 0 fully saturated rings. The molecule has 0 unspecified atom stereocenters. The van der Waals surface area contributed by atoms with Crippen LogP contribution in [0.4, 0.5) is 0 Å². The molecular weight excluding hydrogens is 254 g/mol. The van der Waals surface area contributed by atoms with Gasteiger partial charge in [0.1, 0.15) is 11.3 Å². The number of rotatable bonds is 5. The summed E-state index contributed by atoms with van der Waals surface area (Å²) in [7, 11) is 1.70. The van der Waals surface area contributed by atoms with E-state index in [1.165, 1.54) is 4.90 Å². The number of fused-ring (bicyclic) bond motifs is 1. The van der Waals surface area contributed by atoms with Crippen LogP contribution in [0.25, 0.3) is 5.65 Å². The Labute approximate surface area is 118 Å². The van der Waals surface area contributed by atoms with Crippen molar-refractivity contribution in [3.05, 3.63) is 35.3 Å². The van der Waals surface area contributed by atoms with E-state index in [0.29, 0.717) is 12.2 Å². The minimum Gasteiger partial charge on any atom is -0.395 e. The zero-order chi connectivity index (χ0) is 14.7. The fourth-order valence-corrected chi connectivity index (χ4v) is 2.27. The molecule has 0 aliphatic rings. The fraction of sp³-hybridized carbons (Fsp3) is 0.467. The van der Waals surface area contributed by atoms with E-state index in [9.17, 15) is 4.79 Å². The number of carbonyl (C=O) groups excluding carboxylic acids is 1. The number of likely N-dealkylation sites (N-methyl/N-ethyl adjacent to an activating group) is 1. The lowest BCUT2D eigenvalue weighted by Gasteiger charge is -2.16. The zero-order valence-corrected chi connectivity index (χ0v) is 12.3. The molecule has 5 nitrogen and oxygen atoms in total. The van der Waals surface area contributed by atoms with E-state index in [0.717, 1.165) is 29.7 Å². The van der Waals surface area contributed by atoms with Gasteiger partial charge in [0.05, 0.1) is 12.3 Å². The average molecular weight is 275 g/mol. The number of aromatic nitrogens is 2. The number of amides is 1. The summed E-state index contributed by atoms with van der Waals surface area (Å²) in [5.41, 5.74) is 3.31. The Bertz CT molecular complexity index is 619. The highest BCUT2D eigenvalue weighted by atomic mass is 16.3. The van der Waals surface area contributed by atoms with Gasteiger partial charge in [-0.25, -0.2) is 4.98 Å². The summed E-state index contributed by atoms with van der Waals surface area (Å²) in [5.74, 6) is -0.0967.